The lowest BCUT2D eigenvalue weighted by atomic mass is 10.2. The van der Waals surface area contributed by atoms with Gasteiger partial charge < -0.3 is 14.2 Å². The van der Waals surface area contributed by atoms with E-state index in [4.69, 9.17) is 8.83 Å². The standard InChI is InChI=1S/C19H15N3O4/c1-12(20-18(23)15-8-4-10-25-15)17-21-13-6-2-3-7-14(13)22(17)19(24)16-9-5-11-26-16/h2-12H,1H3,(H,20,23). The van der Waals surface area contributed by atoms with Crippen molar-refractivity contribution in [3.05, 3.63) is 78.4 Å². The summed E-state index contributed by atoms with van der Waals surface area (Å²) in [5.41, 5.74) is 1.30. The number of furan rings is 2. The van der Waals surface area contributed by atoms with Crippen molar-refractivity contribution in [2.75, 3.05) is 0 Å². The fourth-order valence-electron chi connectivity index (χ4n) is 2.80. The molecule has 0 fully saturated rings. The van der Waals surface area contributed by atoms with E-state index in [2.05, 4.69) is 10.3 Å². The fourth-order valence-corrected chi connectivity index (χ4v) is 2.80. The van der Waals surface area contributed by atoms with Crippen molar-refractivity contribution in [2.24, 2.45) is 0 Å². The van der Waals surface area contributed by atoms with E-state index in [1.807, 2.05) is 18.2 Å². The summed E-state index contributed by atoms with van der Waals surface area (Å²) in [4.78, 5) is 29.7. The number of nitrogens with zero attached hydrogens (tertiary/aromatic N) is 2. The first-order valence-corrected chi connectivity index (χ1v) is 8.05. The number of rotatable bonds is 4. The second-order valence-corrected chi connectivity index (χ2v) is 5.75. The lowest BCUT2D eigenvalue weighted by Gasteiger charge is -2.14. The number of hydrogen-bond acceptors (Lipinski definition) is 5. The lowest BCUT2D eigenvalue weighted by Crippen LogP contribution is -2.29. The molecule has 3 heterocycles. The maximum absolute atomic E-state index is 12.9. The molecule has 0 saturated heterocycles. The lowest BCUT2D eigenvalue weighted by molar-refractivity contribution is 0.0893. The molecular weight excluding hydrogens is 334 g/mol. The Hall–Kier alpha value is -3.61. The van der Waals surface area contributed by atoms with Gasteiger partial charge in [-0.3, -0.25) is 14.2 Å². The topological polar surface area (TPSA) is 90.3 Å². The zero-order valence-corrected chi connectivity index (χ0v) is 13.9. The van der Waals surface area contributed by atoms with Crippen LogP contribution in [0.3, 0.4) is 0 Å². The second-order valence-electron chi connectivity index (χ2n) is 5.75. The third-order valence-electron chi connectivity index (χ3n) is 4.00. The minimum atomic E-state index is -0.529. The highest BCUT2D eigenvalue weighted by molar-refractivity contribution is 6.00. The van der Waals surface area contributed by atoms with E-state index in [9.17, 15) is 9.59 Å². The first kappa shape index (κ1) is 15.9. The van der Waals surface area contributed by atoms with E-state index in [-0.39, 0.29) is 23.3 Å². The maximum Gasteiger partial charge on any atom is 0.299 e. The van der Waals surface area contributed by atoms with Crippen molar-refractivity contribution in [3.63, 3.8) is 0 Å². The van der Waals surface area contributed by atoms with Gasteiger partial charge in [0.2, 0.25) is 0 Å². The summed E-state index contributed by atoms with van der Waals surface area (Å²) in [6.45, 7) is 1.76. The molecule has 1 amide bonds. The van der Waals surface area contributed by atoms with E-state index in [0.29, 0.717) is 16.9 Å². The number of imidazole rings is 1. The average Bonchev–Trinajstić information content (AvgIpc) is 3.41. The van der Waals surface area contributed by atoms with Crippen LogP contribution in [0, 0.1) is 0 Å². The molecule has 1 atom stereocenters. The van der Waals surface area contributed by atoms with Crippen LogP contribution in [0.4, 0.5) is 0 Å². The van der Waals surface area contributed by atoms with Gasteiger partial charge in [0.1, 0.15) is 5.82 Å². The third-order valence-corrected chi connectivity index (χ3v) is 4.00. The Kier molecular flexibility index (Phi) is 3.89. The van der Waals surface area contributed by atoms with Gasteiger partial charge in [0, 0.05) is 0 Å². The van der Waals surface area contributed by atoms with Crippen LogP contribution in [0.15, 0.2) is 69.9 Å². The highest BCUT2D eigenvalue weighted by atomic mass is 16.3. The predicted octanol–water partition coefficient (Wildman–Crippen LogP) is 3.40. The molecule has 0 spiro atoms. The molecule has 0 radical (unpaired) electrons. The van der Waals surface area contributed by atoms with E-state index in [1.54, 1.807) is 37.3 Å². The van der Waals surface area contributed by atoms with Gasteiger partial charge in [0.25, 0.3) is 11.8 Å². The highest BCUT2D eigenvalue weighted by Crippen LogP contribution is 2.23. The molecule has 4 rings (SSSR count). The van der Waals surface area contributed by atoms with Gasteiger partial charge in [-0.25, -0.2) is 4.98 Å². The summed E-state index contributed by atoms with van der Waals surface area (Å²) in [5, 5.41) is 2.80. The SMILES string of the molecule is CC(NC(=O)c1ccco1)c1nc2ccccc2n1C(=O)c1ccco1. The van der Waals surface area contributed by atoms with E-state index >= 15 is 0 Å². The molecule has 7 heteroatoms. The molecular formula is C19H15N3O4. The first-order chi connectivity index (χ1) is 12.6. The fraction of sp³-hybridized carbons (Fsp3) is 0.105. The molecule has 1 N–H and O–H groups in total. The number of aromatic nitrogens is 2. The van der Waals surface area contributed by atoms with Crippen LogP contribution in [0.25, 0.3) is 11.0 Å². The number of benzene rings is 1. The van der Waals surface area contributed by atoms with Crippen molar-refractivity contribution in [2.45, 2.75) is 13.0 Å². The number of carbonyl (C=O) groups is 2. The quantitative estimate of drug-likeness (QED) is 0.610. The normalized spacial score (nSPS) is 12.2. The molecule has 4 aromatic rings. The summed E-state index contributed by atoms with van der Waals surface area (Å²) >= 11 is 0. The largest absolute Gasteiger partial charge is 0.459 e. The Morgan fingerprint density at radius 3 is 2.38 bits per heavy atom. The Morgan fingerprint density at radius 1 is 1.00 bits per heavy atom. The average molecular weight is 349 g/mol. The second kappa shape index (κ2) is 6.36. The Bertz CT molecular complexity index is 1060. The van der Waals surface area contributed by atoms with Crippen molar-refractivity contribution < 1.29 is 18.4 Å². The maximum atomic E-state index is 12.9. The summed E-state index contributed by atoms with van der Waals surface area (Å²) < 4.78 is 11.8. The van der Waals surface area contributed by atoms with Gasteiger partial charge in [-0.15, -0.1) is 0 Å². The van der Waals surface area contributed by atoms with E-state index in [0.717, 1.165) is 0 Å². The van der Waals surface area contributed by atoms with E-state index < -0.39 is 6.04 Å². The van der Waals surface area contributed by atoms with E-state index in [1.165, 1.54) is 17.1 Å². The molecule has 0 aliphatic rings. The van der Waals surface area contributed by atoms with Gasteiger partial charge in [0.15, 0.2) is 11.5 Å². The van der Waals surface area contributed by atoms with Crippen LogP contribution in [0.2, 0.25) is 0 Å². The van der Waals surface area contributed by atoms with Crippen LogP contribution in [-0.2, 0) is 0 Å². The molecule has 0 bridgehead atoms. The molecule has 0 aliphatic heterocycles. The van der Waals surface area contributed by atoms with Gasteiger partial charge in [-0.05, 0) is 43.3 Å². The van der Waals surface area contributed by atoms with Crippen molar-refractivity contribution in [1.82, 2.24) is 14.9 Å². The number of nitrogens with one attached hydrogen (secondary N) is 1. The summed E-state index contributed by atoms with van der Waals surface area (Å²) in [6.07, 6.45) is 2.86. The summed E-state index contributed by atoms with van der Waals surface area (Å²) in [7, 11) is 0. The van der Waals surface area contributed by atoms with Crippen LogP contribution in [0.5, 0.6) is 0 Å². The summed E-state index contributed by atoms with van der Waals surface area (Å²) in [6, 6.07) is 13.2. The number of hydrogen-bond donors (Lipinski definition) is 1. The minimum Gasteiger partial charge on any atom is -0.459 e. The molecule has 1 aromatic carbocycles. The molecule has 26 heavy (non-hydrogen) atoms. The zero-order valence-electron chi connectivity index (χ0n) is 13.9. The molecule has 7 nitrogen and oxygen atoms in total. The Balaban J connectivity index is 1.75. The van der Waals surface area contributed by atoms with Crippen LogP contribution < -0.4 is 5.32 Å². The highest BCUT2D eigenvalue weighted by Gasteiger charge is 2.25. The first-order valence-electron chi connectivity index (χ1n) is 8.05. The minimum absolute atomic E-state index is 0.192. The van der Waals surface area contributed by atoms with Crippen LogP contribution in [0.1, 0.15) is 39.9 Å². The smallest absolute Gasteiger partial charge is 0.299 e. The molecule has 0 saturated carbocycles. The number of fused-ring (bicyclic) bond motifs is 1. The predicted molar refractivity (Wildman–Crippen MR) is 92.8 cm³/mol. The zero-order chi connectivity index (χ0) is 18.1. The molecule has 1 unspecified atom stereocenters. The molecule has 130 valence electrons. The van der Waals surface area contributed by atoms with Gasteiger partial charge >= 0.3 is 0 Å². The Morgan fingerprint density at radius 2 is 1.69 bits per heavy atom. The number of carbonyl (C=O) groups excluding carboxylic acids is 2. The van der Waals surface area contributed by atoms with Crippen molar-refractivity contribution in [3.8, 4) is 0 Å². The van der Waals surface area contributed by atoms with Crippen molar-refractivity contribution >= 4 is 22.8 Å². The summed E-state index contributed by atoms with van der Waals surface area (Å²) in [5.74, 6) is 0.0627. The van der Waals surface area contributed by atoms with Gasteiger partial charge in [-0.2, -0.15) is 0 Å². The third kappa shape index (κ3) is 2.69. The van der Waals surface area contributed by atoms with Gasteiger partial charge in [-0.1, -0.05) is 12.1 Å². The molecule has 3 aromatic heterocycles. The number of para-hydroxylation sites is 2. The molecule has 0 aliphatic carbocycles. The van der Waals surface area contributed by atoms with Crippen molar-refractivity contribution in [1.29, 1.82) is 0 Å². The van der Waals surface area contributed by atoms with Crippen LogP contribution in [-0.4, -0.2) is 21.4 Å². The van der Waals surface area contributed by atoms with Gasteiger partial charge in [0.05, 0.1) is 29.6 Å². The monoisotopic (exact) mass is 349 g/mol. The Labute approximate surface area is 148 Å². The van der Waals surface area contributed by atoms with Crippen LogP contribution >= 0.6 is 0 Å². The number of amides is 1.